The fraction of sp³-hybridized carbons (Fsp3) is 0.346. The molecule has 1 aliphatic carbocycles. The molecule has 0 bridgehead atoms. The second kappa shape index (κ2) is 9.54. The molecular formula is C26H26N4OS. The topological polar surface area (TPSA) is 63.7 Å². The fourth-order valence-corrected chi connectivity index (χ4v) is 5.61. The van der Waals surface area contributed by atoms with Crippen molar-refractivity contribution >= 4 is 21.4 Å². The number of benzene rings is 2. The summed E-state index contributed by atoms with van der Waals surface area (Å²) in [5.74, 6) is 8.64. The van der Waals surface area contributed by atoms with Crippen LogP contribution in [0.25, 0.3) is 10.1 Å². The number of hydrogen-bond acceptors (Lipinski definition) is 5. The summed E-state index contributed by atoms with van der Waals surface area (Å²) in [6, 6.07) is 14.9. The van der Waals surface area contributed by atoms with Gasteiger partial charge in [0.15, 0.2) is 0 Å². The lowest BCUT2D eigenvalue weighted by Gasteiger charge is -2.12. The van der Waals surface area contributed by atoms with E-state index < -0.39 is 0 Å². The van der Waals surface area contributed by atoms with E-state index in [-0.39, 0.29) is 5.92 Å². The number of fused-ring (bicyclic) bond motifs is 1. The van der Waals surface area contributed by atoms with E-state index in [4.69, 9.17) is 4.74 Å². The zero-order valence-electron chi connectivity index (χ0n) is 18.2. The quantitative estimate of drug-likeness (QED) is 0.357. The molecule has 2 aromatic carbocycles. The molecule has 0 radical (unpaired) electrons. The smallest absolute Gasteiger partial charge is 0.150 e. The maximum absolute atomic E-state index is 6.11. The standard InChI is InChI=1S/C26H26N4OS/c1-2-5-21(15-26-27-29-30-28-26)19-9-11-22(12-10-19)31-16-18-8-13-25-23(14-18)24(17-32-25)20-6-3-4-7-20/h8-14,17,20-21H,3-4,6-7,15-16H2,1H3,(H,27,28,29,30)/t21-/m0/s1. The number of nitrogens with zero attached hydrogens (tertiary/aromatic N) is 3. The summed E-state index contributed by atoms with van der Waals surface area (Å²) in [7, 11) is 0. The van der Waals surface area contributed by atoms with Crippen LogP contribution < -0.4 is 4.74 Å². The lowest BCUT2D eigenvalue weighted by molar-refractivity contribution is 0.306. The van der Waals surface area contributed by atoms with Crippen molar-refractivity contribution in [2.75, 3.05) is 0 Å². The number of nitrogens with one attached hydrogen (secondary N) is 1. The van der Waals surface area contributed by atoms with Crippen LogP contribution in [0.5, 0.6) is 5.75 Å². The molecular weight excluding hydrogens is 416 g/mol. The van der Waals surface area contributed by atoms with Gasteiger partial charge in [0.05, 0.1) is 5.92 Å². The van der Waals surface area contributed by atoms with Crippen molar-refractivity contribution in [1.82, 2.24) is 20.6 Å². The molecule has 5 nitrogen and oxygen atoms in total. The third-order valence-corrected chi connectivity index (χ3v) is 7.24. The number of hydrogen-bond donors (Lipinski definition) is 1. The Morgan fingerprint density at radius 2 is 2.00 bits per heavy atom. The number of thiophene rings is 1. The predicted octanol–water partition coefficient (Wildman–Crippen LogP) is 6.00. The second-order valence-electron chi connectivity index (χ2n) is 8.36. The molecule has 4 aromatic rings. The molecule has 0 spiro atoms. The van der Waals surface area contributed by atoms with Crippen molar-refractivity contribution in [1.29, 1.82) is 0 Å². The number of aromatic nitrogens is 4. The van der Waals surface area contributed by atoms with Crippen molar-refractivity contribution in [2.45, 2.75) is 57.5 Å². The molecule has 1 atom stereocenters. The Kier molecular flexibility index (Phi) is 6.17. The third kappa shape index (κ3) is 4.53. The Balaban J connectivity index is 1.27. The Morgan fingerprint density at radius 1 is 1.16 bits per heavy atom. The molecule has 0 unspecified atom stereocenters. The number of tetrazole rings is 1. The molecule has 6 heteroatoms. The van der Waals surface area contributed by atoms with Gasteiger partial charge in [-0.1, -0.05) is 37.0 Å². The van der Waals surface area contributed by atoms with E-state index in [1.807, 2.05) is 30.4 Å². The monoisotopic (exact) mass is 442 g/mol. The van der Waals surface area contributed by atoms with E-state index in [2.05, 4.69) is 68.2 Å². The minimum absolute atomic E-state index is 0.0406. The highest BCUT2D eigenvalue weighted by Gasteiger charge is 2.20. The fourth-order valence-electron chi connectivity index (χ4n) is 4.59. The largest absolute Gasteiger partial charge is 0.489 e. The average molecular weight is 443 g/mol. The molecule has 2 aromatic heterocycles. The van der Waals surface area contributed by atoms with Crippen LogP contribution in [0, 0.1) is 11.8 Å². The van der Waals surface area contributed by atoms with E-state index in [9.17, 15) is 0 Å². The van der Waals surface area contributed by atoms with Crippen LogP contribution in [0.2, 0.25) is 0 Å². The highest BCUT2D eigenvalue weighted by Crippen LogP contribution is 2.40. The average Bonchev–Trinajstić information content (AvgIpc) is 3.59. The van der Waals surface area contributed by atoms with Gasteiger partial charge >= 0.3 is 0 Å². The summed E-state index contributed by atoms with van der Waals surface area (Å²) in [5.41, 5.74) is 3.88. The molecule has 0 aliphatic heterocycles. The SMILES string of the molecule is CC#C[C@@H](Cc1nnn[nH]1)c1ccc(OCc2ccc3scc(C4CCCC4)c3c2)cc1. The summed E-state index contributed by atoms with van der Waals surface area (Å²) >= 11 is 1.87. The van der Waals surface area contributed by atoms with Crippen molar-refractivity contribution in [3.63, 3.8) is 0 Å². The molecule has 0 amide bonds. The van der Waals surface area contributed by atoms with Crippen molar-refractivity contribution < 1.29 is 4.74 Å². The molecule has 1 saturated carbocycles. The van der Waals surface area contributed by atoms with Gasteiger partial charge in [-0.05, 0) is 87.8 Å². The van der Waals surface area contributed by atoms with Gasteiger partial charge in [0.25, 0.3) is 0 Å². The number of H-pyrrole nitrogens is 1. The predicted molar refractivity (Wildman–Crippen MR) is 128 cm³/mol. The van der Waals surface area contributed by atoms with E-state index in [1.165, 1.54) is 41.3 Å². The van der Waals surface area contributed by atoms with E-state index in [0.717, 1.165) is 23.1 Å². The first-order valence-electron chi connectivity index (χ1n) is 11.2. The molecule has 1 fully saturated rings. The summed E-state index contributed by atoms with van der Waals surface area (Å²) in [4.78, 5) is 0. The zero-order chi connectivity index (χ0) is 21.8. The molecule has 32 heavy (non-hydrogen) atoms. The lowest BCUT2D eigenvalue weighted by Crippen LogP contribution is -2.03. The van der Waals surface area contributed by atoms with Crippen LogP contribution in [0.1, 0.15) is 67.0 Å². The Bertz CT molecular complexity index is 1230. The van der Waals surface area contributed by atoms with E-state index in [1.54, 1.807) is 5.56 Å². The second-order valence-corrected chi connectivity index (χ2v) is 9.27. The third-order valence-electron chi connectivity index (χ3n) is 6.26. The highest BCUT2D eigenvalue weighted by atomic mass is 32.1. The summed E-state index contributed by atoms with van der Waals surface area (Å²) < 4.78 is 7.49. The Morgan fingerprint density at radius 3 is 2.75 bits per heavy atom. The first-order valence-corrected chi connectivity index (χ1v) is 12.1. The lowest BCUT2D eigenvalue weighted by atomic mass is 9.96. The van der Waals surface area contributed by atoms with Crippen LogP contribution in [0.15, 0.2) is 47.8 Å². The van der Waals surface area contributed by atoms with Crippen molar-refractivity contribution in [3.05, 3.63) is 70.4 Å². The van der Waals surface area contributed by atoms with Crippen LogP contribution in [0.3, 0.4) is 0 Å². The van der Waals surface area contributed by atoms with Crippen LogP contribution in [0.4, 0.5) is 0 Å². The van der Waals surface area contributed by atoms with Crippen LogP contribution >= 0.6 is 11.3 Å². The van der Waals surface area contributed by atoms with Gasteiger partial charge in [0, 0.05) is 11.1 Å². The first-order chi connectivity index (χ1) is 15.8. The van der Waals surface area contributed by atoms with E-state index >= 15 is 0 Å². The molecule has 5 rings (SSSR count). The summed E-state index contributed by atoms with van der Waals surface area (Å²) in [5, 5.41) is 17.9. The van der Waals surface area contributed by atoms with Gasteiger partial charge in [-0.15, -0.1) is 22.4 Å². The Labute approximate surface area is 192 Å². The number of aromatic amines is 1. The molecule has 162 valence electrons. The molecule has 1 N–H and O–H groups in total. The van der Waals surface area contributed by atoms with Crippen molar-refractivity contribution in [2.24, 2.45) is 0 Å². The molecule has 0 saturated heterocycles. The van der Waals surface area contributed by atoms with Crippen LogP contribution in [-0.2, 0) is 13.0 Å². The minimum atomic E-state index is 0.0406. The summed E-state index contributed by atoms with van der Waals surface area (Å²) in [6.07, 6.45) is 6.03. The van der Waals surface area contributed by atoms with Crippen LogP contribution in [-0.4, -0.2) is 20.6 Å². The first kappa shape index (κ1) is 20.7. The van der Waals surface area contributed by atoms with E-state index in [0.29, 0.717) is 13.0 Å². The Hall–Kier alpha value is -3.17. The number of rotatable bonds is 7. The van der Waals surface area contributed by atoms with Gasteiger partial charge in [0.2, 0.25) is 0 Å². The zero-order valence-corrected chi connectivity index (χ0v) is 19.0. The highest BCUT2D eigenvalue weighted by molar-refractivity contribution is 7.17. The van der Waals surface area contributed by atoms with Crippen molar-refractivity contribution in [3.8, 4) is 17.6 Å². The maximum Gasteiger partial charge on any atom is 0.150 e. The maximum atomic E-state index is 6.11. The van der Waals surface area contributed by atoms with Gasteiger partial charge in [-0.3, -0.25) is 0 Å². The van der Waals surface area contributed by atoms with Gasteiger partial charge < -0.3 is 4.74 Å². The van der Waals surface area contributed by atoms with Gasteiger partial charge in [-0.25, -0.2) is 5.10 Å². The molecule has 2 heterocycles. The van der Waals surface area contributed by atoms with Gasteiger partial charge in [0.1, 0.15) is 18.2 Å². The normalized spacial score (nSPS) is 14.9. The molecule has 1 aliphatic rings. The summed E-state index contributed by atoms with van der Waals surface area (Å²) in [6.45, 7) is 2.42. The number of ether oxygens (including phenoxy) is 1. The minimum Gasteiger partial charge on any atom is -0.489 e. The van der Waals surface area contributed by atoms with Gasteiger partial charge in [-0.2, -0.15) is 0 Å².